The van der Waals surface area contributed by atoms with Crippen LogP contribution >= 0.6 is 12.2 Å². The fourth-order valence-electron chi connectivity index (χ4n) is 2.87. The molecule has 32 heavy (non-hydrogen) atoms. The molecule has 162 valence electrons. The van der Waals surface area contributed by atoms with E-state index in [2.05, 4.69) is 16.0 Å². The lowest BCUT2D eigenvalue weighted by molar-refractivity contribution is -0.384. The first-order valence-corrected chi connectivity index (χ1v) is 10.00. The van der Waals surface area contributed by atoms with Gasteiger partial charge in [0.2, 0.25) is 0 Å². The molecule has 3 aromatic rings. The highest BCUT2D eigenvalue weighted by Crippen LogP contribution is 2.19. The fourth-order valence-corrected chi connectivity index (χ4v) is 3.07. The van der Waals surface area contributed by atoms with E-state index in [1.54, 1.807) is 24.3 Å². The number of nitrogens with one attached hydrogen (secondary N) is 3. The lowest BCUT2D eigenvalue weighted by atomic mass is 10.1. The Labute approximate surface area is 189 Å². The van der Waals surface area contributed by atoms with E-state index in [0.717, 1.165) is 11.1 Å². The van der Waals surface area contributed by atoms with Crippen LogP contribution in [-0.2, 0) is 0 Å². The second-order valence-corrected chi connectivity index (χ2v) is 7.42. The summed E-state index contributed by atoms with van der Waals surface area (Å²) in [4.78, 5) is 35.4. The molecular weight excluding hydrogens is 428 g/mol. The topological polar surface area (TPSA) is 113 Å². The molecule has 0 spiro atoms. The molecule has 0 heterocycles. The number of para-hydroxylation sites is 1. The summed E-state index contributed by atoms with van der Waals surface area (Å²) in [6, 6.07) is 17.5. The third-order valence-corrected chi connectivity index (χ3v) is 4.96. The number of aryl methyl sites for hydroxylation is 2. The van der Waals surface area contributed by atoms with Crippen molar-refractivity contribution < 1.29 is 14.5 Å². The minimum absolute atomic E-state index is 0.0141. The number of non-ortho nitro benzene ring substituents is 1. The molecule has 0 aromatic heterocycles. The average molecular weight is 449 g/mol. The van der Waals surface area contributed by atoms with Gasteiger partial charge in [0.15, 0.2) is 5.11 Å². The summed E-state index contributed by atoms with van der Waals surface area (Å²) in [6.45, 7) is 3.96. The van der Waals surface area contributed by atoms with Gasteiger partial charge in [-0.1, -0.05) is 18.2 Å². The Kier molecular flexibility index (Phi) is 6.91. The average Bonchev–Trinajstić information content (AvgIpc) is 2.76. The maximum atomic E-state index is 12.8. The Bertz CT molecular complexity index is 1210. The highest BCUT2D eigenvalue weighted by Gasteiger charge is 2.15. The molecule has 0 aliphatic heterocycles. The number of hydrogen-bond donors (Lipinski definition) is 3. The van der Waals surface area contributed by atoms with E-state index in [1.807, 2.05) is 32.0 Å². The van der Waals surface area contributed by atoms with Gasteiger partial charge in [0, 0.05) is 23.4 Å². The van der Waals surface area contributed by atoms with Crippen LogP contribution < -0.4 is 16.0 Å². The number of nitrogens with zero attached hydrogens (tertiary/aromatic N) is 1. The number of amides is 2. The van der Waals surface area contributed by atoms with Crippen LogP contribution in [0.3, 0.4) is 0 Å². The van der Waals surface area contributed by atoms with Crippen molar-refractivity contribution >= 4 is 46.2 Å². The molecular formula is C23H20N4O4S. The van der Waals surface area contributed by atoms with Crippen LogP contribution in [0.15, 0.2) is 66.7 Å². The van der Waals surface area contributed by atoms with E-state index in [4.69, 9.17) is 12.2 Å². The van der Waals surface area contributed by atoms with Crippen LogP contribution in [-0.4, -0.2) is 21.9 Å². The Hall–Kier alpha value is -4.11. The molecule has 0 saturated carbocycles. The van der Waals surface area contributed by atoms with E-state index in [-0.39, 0.29) is 22.3 Å². The number of anilines is 2. The molecule has 0 atom stereocenters. The Balaban J connectivity index is 1.69. The molecule has 8 nitrogen and oxygen atoms in total. The third-order valence-electron chi connectivity index (χ3n) is 4.75. The van der Waals surface area contributed by atoms with Crippen LogP contribution in [0.5, 0.6) is 0 Å². The van der Waals surface area contributed by atoms with Crippen LogP contribution in [0.1, 0.15) is 31.8 Å². The van der Waals surface area contributed by atoms with Gasteiger partial charge in [-0.15, -0.1) is 0 Å². The molecule has 2 amide bonds. The minimum Gasteiger partial charge on any atom is -0.332 e. The number of nitro benzene ring substituents is 1. The second-order valence-electron chi connectivity index (χ2n) is 7.01. The Morgan fingerprint density at radius 3 is 2.22 bits per heavy atom. The highest BCUT2D eigenvalue weighted by molar-refractivity contribution is 7.80. The highest BCUT2D eigenvalue weighted by atomic mass is 32.1. The summed E-state index contributed by atoms with van der Waals surface area (Å²) in [7, 11) is 0. The van der Waals surface area contributed by atoms with Gasteiger partial charge in [0.1, 0.15) is 0 Å². The number of carbonyl (C=O) groups is 2. The lowest BCUT2D eigenvalue weighted by Crippen LogP contribution is -2.34. The van der Waals surface area contributed by atoms with E-state index < -0.39 is 10.8 Å². The third kappa shape index (κ3) is 5.52. The molecule has 0 unspecified atom stereocenters. The molecule has 0 aliphatic carbocycles. The Morgan fingerprint density at radius 2 is 1.56 bits per heavy atom. The van der Waals surface area contributed by atoms with Gasteiger partial charge in [0.05, 0.1) is 16.2 Å². The van der Waals surface area contributed by atoms with Gasteiger partial charge in [-0.05, 0) is 73.6 Å². The van der Waals surface area contributed by atoms with Crippen LogP contribution in [0.25, 0.3) is 0 Å². The van der Waals surface area contributed by atoms with E-state index in [0.29, 0.717) is 16.9 Å². The lowest BCUT2D eigenvalue weighted by Gasteiger charge is -2.14. The summed E-state index contributed by atoms with van der Waals surface area (Å²) in [5, 5.41) is 18.9. The summed E-state index contributed by atoms with van der Waals surface area (Å²) in [5.41, 5.74) is 3.71. The van der Waals surface area contributed by atoms with E-state index in [9.17, 15) is 19.7 Å². The standard InChI is InChI=1S/C23H20N4O4S/c1-14-7-10-17(13-15(14)2)24-22(29)19-5-3-4-6-20(19)25-23(32)26-21(28)16-8-11-18(12-9-16)27(30)31/h3-13H,1-2H3,(H,24,29)(H2,25,26,28,32). The molecule has 0 aliphatic rings. The van der Waals surface area contributed by atoms with Gasteiger partial charge < -0.3 is 10.6 Å². The smallest absolute Gasteiger partial charge is 0.269 e. The van der Waals surface area contributed by atoms with Crippen molar-refractivity contribution in [2.45, 2.75) is 13.8 Å². The number of nitro groups is 1. The number of benzene rings is 3. The maximum Gasteiger partial charge on any atom is 0.269 e. The molecule has 0 bridgehead atoms. The van der Waals surface area contributed by atoms with Gasteiger partial charge in [-0.2, -0.15) is 0 Å². The summed E-state index contributed by atoms with van der Waals surface area (Å²) in [6.07, 6.45) is 0. The molecule has 0 saturated heterocycles. The zero-order valence-electron chi connectivity index (χ0n) is 17.3. The van der Waals surface area contributed by atoms with Crippen molar-refractivity contribution in [1.82, 2.24) is 5.32 Å². The molecule has 9 heteroatoms. The Morgan fingerprint density at radius 1 is 0.875 bits per heavy atom. The molecule has 0 fully saturated rings. The fraction of sp³-hybridized carbons (Fsp3) is 0.0870. The quantitative estimate of drug-likeness (QED) is 0.299. The molecule has 3 rings (SSSR count). The van der Waals surface area contributed by atoms with Crippen molar-refractivity contribution in [3.63, 3.8) is 0 Å². The summed E-state index contributed by atoms with van der Waals surface area (Å²) in [5.74, 6) is -0.865. The second kappa shape index (κ2) is 9.80. The van der Waals surface area contributed by atoms with Crippen LogP contribution in [0.4, 0.5) is 17.1 Å². The van der Waals surface area contributed by atoms with Crippen molar-refractivity contribution in [1.29, 1.82) is 0 Å². The first-order valence-electron chi connectivity index (χ1n) is 9.59. The van der Waals surface area contributed by atoms with E-state index >= 15 is 0 Å². The normalized spacial score (nSPS) is 10.2. The molecule has 3 aromatic carbocycles. The SMILES string of the molecule is Cc1ccc(NC(=O)c2ccccc2NC(=S)NC(=O)c2ccc([N+](=O)[O-])cc2)cc1C. The largest absolute Gasteiger partial charge is 0.332 e. The molecule has 3 N–H and O–H groups in total. The number of hydrogen-bond acceptors (Lipinski definition) is 5. The van der Waals surface area contributed by atoms with Gasteiger partial charge in [-0.25, -0.2) is 0 Å². The summed E-state index contributed by atoms with van der Waals surface area (Å²) >= 11 is 5.20. The maximum absolute atomic E-state index is 12.8. The van der Waals surface area contributed by atoms with Gasteiger partial charge >= 0.3 is 0 Å². The zero-order chi connectivity index (χ0) is 23.3. The zero-order valence-corrected chi connectivity index (χ0v) is 18.2. The van der Waals surface area contributed by atoms with Crippen molar-refractivity contribution in [2.24, 2.45) is 0 Å². The van der Waals surface area contributed by atoms with Gasteiger partial charge in [0.25, 0.3) is 17.5 Å². The number of rotatable bonds is 5. The minimum atomic E-state index is -0.548. The van der Waals surface area contributed by atoms with Gasteiger partial charge in [-0.3, -0.25) is 25.0 Å². The van der Waals surface area contributed by atoms with Crippen molar-refractivity contribution in [3.8, 4) is 0 Å². The monoisotopic (exact) mass is 448 g/mol. The predicted molar refractivity (Wildman–Crippen MR) is 127 cm³/mol. The molecule has 0 radical (unpaired) electrons. The summed E-state index contributed by atoms with van der Waals surface area (Å²) < 4.78 is 0. The van der Waals surface area contributed by atoms with Crippen molar-refractivity contribution in [2.75, 3.05) is 10.6 Å². The van der Waals surface area contributed by atoms with Crippen molar-refractivity contribution in [3.05, 3.63) is 99.1 Å². The van der Waals surface area contributed by atoms with E-state index in [1.165, 1.54) is 24.3 Å². The number of carbonyl (C=O) groups excluding carboxylic acids is 2. The first-order chi connectivity index (χ1) is 15.2. The predicted octanol–water partition coefficient (Wildman–Crippen LogP) is 4.59. The van der Waals surface area contributed by atoms with Crippen LogP contribution in [0, 0.1) is 24.0 Å². The number of thiocarbonyl (C=S) groups is 1. The first kappa shape index (κ1) is 22.6. The van der Waals surface area contributed by atoms with Crippen LogP contribution in [0.2, 0.25) is 0 Å².